The third-order valence-electron chi connectivity index (χ3n) is 4.62. The topological polar surface area (TPSA) is 33.4 Å². The number of carbonyl (C=O) groups excluding carboxylic acids is 1. The highest BCUT2D eigenvalue weighted by atomic mass is 16.5. The van der Waals surface area contributed by atoms with Gasteiger partial charge in [-0.15, -0.1) is 0 Å². The zero-order valence-electron chi connectivity index (χ0n) is 17.9. The molecule has 0 N–H and O–H groups in total. The zero-order chi connectivity index (χ0) is 20.9. The highest BCUT2D eigenvalue weighted by molar-refractivity contribution is 5.69. The number of carbonyl (C=O) groups is 1. The lowest BCUT2D eigenvalue weighted by atomic mass is 10.1. The fourth-order valence-corrected chi connectivity index (χ4v) is 2.92. The molecular weight excluding hydrogens is 360 g/mol. The average molecular weight is 394 g/mol. The number of esters is 1. The SMILES string of the molecule is CCOC(=O)CCCCC[n+]1ccc(/C=C/C=C/c2ccc(N(C)C)cc2)cc1. The van der Waals surface area contributed by atoms with Crippen LogP contribution in [0.2, 0.25) is 0 Å². The number of aromatic nitrogens is 1. The fourth-order valence-electron chi connectivity index (χ4n) is 2.92. The van der Waals surface area contributed by atoms with E-state index >= 15 is 0 Å². The predicted octanol–water partition coefficient (Wildman–Crippen LogP) is 4.89. The van der Waals surface area contributed by atoms with Gasteiger partial charge in [0.05, 0.1) is 6.61 Å². The molecule has 0 bridgehead atoms. The van der Waals surface area contributed by atoms with E-state index in [-0.39, 0.29) is 5.97 Å². The Kier molecular flexibility index (Phi) is 9.70. The second-order valence-corrected chi connectivity index (χ2v) is 7.19. The number of hydrogen-bond acceptors (Lipinski definition) is 3. The number of pyridine rings is 1. The largest absolute Gasteiger partial charge is 0.466 e. The monoisotopic (exact) mass is 393 g/mol. The molecule has 1 aromatic carbocycles. The summed E-state index contributed by atoms with van der Waals surface area (Å²) < 4.78 is 7.13. The normalized spacial score (nSPS) is 11.3. The molecule has 0 radical (unpaired) electrons. The van der Waals surface area contributed by atoms with Crippen LogP contribution in [0.3, 0.4) is 0 Å². The van der Waals surface area contributed by atoms with Crippen LogP contribution in [0.1, 0.15) is 43.7 Å². The summed E-state index contributed by atoms with van der Waals surface area (Å²) in [5, 5.41) is 0. The standard InChI is InChI=1S/C25H33N2O2/c1-4-29-25(28)12-6-5-9-19-27-20-17-23(18-21-27)11-8-7-10-22-13-15-24(16-14-22)26(2)3/h7-8,10-11,13-18,20-21H,4-6,9,12,19H2,1-3H3/q+1. The van der Waals surface area contributed by atoms with Gasteiger partial charge in [-0.05, 0) is 43.0 Å². The van der Waals surface area contributed by atoms with Gasteiger partial charge in [0.25, 0.3) is 0 Å². The summed E-state index contributed by atoms with van der Waals surface area (Å²) in [4.78, 5) is 13.4. The number of ether oxygens (including phenoxy) is 1. The van der Waals surface area contributed by atoms with E-state index in [9.17, 15) is 4.79 Å². The molecule has 0 aliphatic carbocycles. The molecule has 0 spiro atoms. The van der Waals surface area contributed by atoms with Gasteiger partial charge < -0.3 is 9.64 Å². The van der Waals surface area contributed by atoms with Crippen LogP contribution in [0, 0.1) is 0 Å². The van der Waals surface area contributed by atoms with Crippen LogP contribution in [0.4, 0.5) is 5.69 Å². The lowest BCUT2D eigenvalue weighted by molar-refractivity contribution is -0.697. The van der Waals surface area contributed by atoms with Crippen LogP contribution in [-0.4, -0.2) is 26.7 Å². The summed E-state index contributed by atoms with van der Waals surface area (Å²) in [6.07, 6.45) is 16.1. The number of nitrogens with zero attached hydrogens (tertiary/aromatic N) is 2. The molecule has 0 saturated carbocycles. The summed E-state index contributed by atoms with van der Waals surface area (Å²) in [6.45, 7) is 3.28. The molecule has 1 aromatic heterocycles. The third-order valence-corrected chi connectivity index (χ3v) is 4.62. The quantitative estimate of drug-likeness (QED) is 0.236. The van der Waals surface area contributed by atoms with E-state index in [0.29, 0.717) is 13.0 Å². The number of unbranched alkanes of at least 4 members (excludes halogenated alkanes) is 2. The van der Waals surface area contributed by atoms with Crippen molar-refractivity contribution in [2.75, 3.05) is 25.6 Å². The van der Waals surface area contributed by atoms with Crippen LogP contribution in [0.5, 0.6) is 0 Å². The van der Waals surface area contributed by atoms with Crippen molar-refractivity contribution in [1.29, 1.82) is 0 Å². The molecule has 2 aromatic rings. The minimum absolute atomic E-state index is 0.0871. The number of allylic oxidation sites excluding steroid dienone is 2. The molecule has 4 nitrogen and oxygen atoms in total. The highest BCUT2D eigenvalue weighted by Crippen LogP contribution is 2.13. The van der Waals surface area contributed by atoms with E-state index in [2.05, 4.69) is 82.6 Å². The summed E-state index contributed by atoms with van der Waals surface area (Å²) in [7, 11) is 4.09. The Labute approximate surface area is 175 Å². The van der Waals surface area contributed by atoms with Crippen LogP contribution in [-0.2, 0) is 16.1 Å². The molecule has 1 heterocycles. The number of hydrogen-bond donors (Lipinski definition) is 0. The molecule has 0 unspecified atom stereocenters. The van der Waals surface area contributed by atoms with E-state index in [4.69, 9.17) is 4.74 Å². The first-order valence-electron chi connectivity index (χ1n) is 10.4. The molecule has 0 aliphatic heterocycles. The highest BCUT2D eigenvalue weighted by Gasteiger charge is 2.03. The van der Waals surface area contributed by atoms with E-state index in [1.807, 2.05) is 21.0 Å². The third kappa shape index (κ3) is 8.77. The van der Waals surface area contributed by atoms with Crippen LogP contribution in [0.15, 0.2) is 60.9 Å². The van der Waals surface area contributed by atoms with Gasteiger partial charge >= 0.3 is 5.97 Å². The second-order valence-electron chi connectivity index (χ2n) is 7.19. The summed E-state index contributed by atoms with van der Waals surface area (Å²) in [5.74, 6) is -0.0871. The van der Waals surface area contributed by atoms with Gasteiger partial charge in [0.15, 0.2) is 12.4 Å². The van der Waals surface area contributed by atoms with E-state index < -0.39 is 0 Å². The maximum atomic E-state index is 11.3. The first-order chi connectivity index (χ1) is 14.1. The van der Waals surface area contributed by atoms with Gasteiger partial charge in [0.1, 0.15) is 6.54 Å². The van der Waals surface area contributed by atoms with Crippen LogP contribution >= 0.6 is 0 Å². The number of aryl methyl sites for hydroxylation is 1. The Morgan fingerprint density at radius 2 is 1.55 bits per heavy atom. The van der Waals surface area contributed by atoms with E-state index in [1.54, 1.807) is 0 Å². The maximum absolute atomic E-state index is 11.3. The van der Waals surface area contributed by atoms with Crippen molar-refractivity contribution in [3.63, 3.8) is 0 Å². The van der Waals surface area contributed by atoms with Crippen molar-refractivity contribution in [2.24, 2.45) is 0 Å². The Morgan fingerprint density at radius 3 is 2.14 bits per heavy atom. The summed E-state index contributed by atoms with van der Waals surface area (Å²) >= 11 is 0. The average Bonchev–Trinajstić information content (AvgIpc) is 2.72. The Bertz CT molecular complexity index is 791. The Hall–Kier alpha value is -2.88. The second kappa shape index (κ2) is 12.6. The Balaban J connectivity index is 1.72. The van der Waals surface area contributed by atoms with Gasteiger partial charge in [-0.3, -0.25) is 4.79 Å². The van der Waals surface area contributed by atoms with Crippen LogP contribution in [0.25, 0.3) is 12.2 Å². The molecule has 0 amide bonds. The van der Waals surface area contributed by atoms with Crippen LogP contribution < -0.4 is 9.47 Å². The molecule has 0 aliphatic rings. The van der Waals surface area contributed by atoms with Gasteiger partial charge in [-0.2, -0.15) is 0 Å². The summed E-state index contributed by atoms with van der Waals surface area (Å²) in [6, 6.07) is 12.7. The fraction of sp³-hybridized carbons (Fsp3) is 0.360. The van der Waals surface area contributed by atoms with Crippen molar-refractivity contribution in [1.82, 2.24) is 0 Å². The molecular formula is C25H33N2O2+. The lowest BCUT2D eigenvalue weighted by Crippen LogP contribution is -2.32. The number of benzene rings is 1. The van der Waals surface area contributed by atoms with Gasteiger partial charge in [-0.25, -0.2) is 4.57 Å². The van der Waals surface area contributed by atoms with Gasteiger partial charge in [0.2, 0.25) is 0 Å². The lowest BCUT2D eigenvalue weighted by Gasteiger charge is -2.11. The molecule has 154 valence electrons. The Morgan fingerprint density at radius 1 is 0.931 bits per heavy atom. The molecule has 29 heavy (non-hydrogen) atoms. The summed E-state index contributed by atoms with van der Waals surface area (Å²) in [5.41, 5.74) is 3.57. The first kappa shape index (κ1) is 22.4. The molecule has 0 saturated heterocycles. The predicted molar refractivity (Wildman–Crippen MR) is 121 cm³/mol. The molecule has 2 rings (SSSR count). The molecule has 0 fully saturated rings. The smallest absolute Gasteiger partial charge is 0.305 e. The maximum Gasteiger partial charge on any atom is 0.305 e. The van der Waals surface area contributed by atoms with E-state index in [0.717, 1.165) is 25.8 Å². The van der Waals surface area contributed by atoms with Gasteiger partial charge in [0, 0.05) is 44.8 Å². The molecule has 4 heteroatoms. The number of anilines is 1. The van der Waals surface area contributed by atoms with Crippen molar-refractivity contribution >= 4 is 23.8 Å². The van der Waals surface area contributed by atoms with Crippen molar-refractivity contribution < 1.29 is 14.1 Å². The van der Waals surface area contributed by atoms with Gasteiger partial charge in [-0.1, -0.05) is 36.4 Å². The zero-order valence-corrected chi connectivity index (χ0v) is 17.9. The first-order valence-corrected chi connectivity index (χ1v) is 10.4. The minimum atomic E-state index is -0.0871. The van der Waals surface area contributed by atoms with Crippen molar-refractivity contribution in [2.45, 2.75) is 39.2 Å². The number of rotatable bonds is 11. The minimum Gasteiger partial charge on any atom is -0.466 e. The van der Waals surface area contributed by atoms with E-state index in [1.165, 1.54) is 16.8 Å². The van der Waals surface area contributed by atoms with Crippen molar-refractivity contribution in [3.8, 4) is 0 Å². The molecule has 0 atom stereocenters. The van der Waals surface area contributed by atoms with Crippen molar-refractivity contribution in [3.05, 3.63) is 72.1 Å².